The van der Waals surface area contributed by atoms with E-state index in [1.165, 1.54) is 11.1 Å². The fourth-order valence-electron chi connectivity index (χ4n) is 10.8. The van der Waals surface area contributed by atoms with E-state index < -0.39 is 0 Å². The van der Waals surface area contributed by atoms with Crippen LogP contribution in [0.5, 0.6) is 0 Å². The first kappa shape index (κ1) is 48.0. The molecule has 3 aliphatic heterocycles. The smallest absolute Gasteiger partial charge is 0.256 e. The van der Waals surface area contributed by atoms with Gasteiger partial charge in [0.05, 0.1) is 59.4 Å². The number of carbonyl (C=O) groups is 2. The number of thiol groups is 1. The fourth-order valence-corrected chi connectivity index (χ4v) is 11.0. The highest BCUT2D eigenvalue weighted by atomic mass is 32.1. The number of hydrogen-bond acceptors (Lipinski definition) is 13. The average Bonchev–Trinajstić information content (AvgIpc) is 3.69. The number of methoxy groups -OCH3 is 3. The van der Waals surface area contributed by atoms with Crippen molar-refractivity contribution in [1.82, 2.24) is 15.5 Å². The molecule has 68 heavy (non-hydrogen) atoms. The number of benzene rings is 2. The number of nitrogens with zero attached hydrogens (tertiary/aromatic N) is 3. The molecule has 4 aliphatic carbocycles. The van der Waals surface area contributed by atoms with Crippen molar-refractivity contribution in [2.24, 2.45) is 5.92 Å². The second-order valence-corrected chi connectivity index (χ2v) is 19.6. The van der Waals surface area contributed by atoms with E-state index in [0.29, 0.717) is 101 Å². The summed E-state index contributed by atoms with van der Waals surface area (Å²) in [6.07, 6.45) is 12.5. The van der Waals surface area contributed by atoms with Crippen LogP contribution in [0.3, 0.4) is 0 Å². The number of likely N-dealkylation sites (N-methyl/N-ethyl adjacent to an activating group) is 1. The maximum atomic E-state index is 14.4. The first-order valence-corrected chi connectivity index (χ1v) is 24.6. The summed E-state index contributed by atoms with van der Waals surface area (Å²) in [6.45, 7) is 7.38. The predicted octanol–water partition coefficient (Wildman–Crippen LogP) is 5.78. The number of para-hydroxylation sites is 2. The number of hydrogen-bond donors (Lipinski definition) is 3. The summed E-state index contributed by atoms with van der Waals surface area (Å²) >= 11 is 4.83. The third-order valence-electron chi connectivity index (χ3n) is 14.3. The number of ether oxygens (including phenoxy) is 7. The van der Waals surface area contributed by atoms with Gasteiger partial charge in [-0.15, -0.1) is 0 Å². The van der Waals surface area contributed by atoms with Crippen LogP contribution >= 0.6 is 12.6 Å². The quantitative estimate of drug-likeness (QED) is 0.0978. The molecule has 2 fully saturated rings. The zero-order chi connectivity index (χ0) is 47.4. The lowest BCUT2D eigenvalue weighted by Gasteiger charge is -2.34. The minimum Gasteiger partial charge on any atom is -0.493 e. The Morgan fingerprint density at radius 3 is 2.38 bits per heavy atom. The van der Waals surface area contributed by atoms with Crippen molar-refractivity contribution >= 4 is 35.8 Å². The highest BCUT2D eigenvalue weighted by Gasteiger charge is 2.66. The lowest BCUT2D eigenvalue weighted by Crippen LogP contribution is -2.42. The van der Waals surface area contributed by atoms with Gasteiger partial charge >= 0.3 is 0 Å². The third kappa shape index (κ3) is 10.0. The lowest BCUT2D eigenvalue weighted by molar-refractivity contribution is -0.116. The Bertz CT molecular complexity index is 2410. The van der Waals surface area contributed by atoms with Crippen LogP contribution in [0.4, 0.5) is 11.4 Å². The van der Waals surface area contributed by atoms with Gasteiger partial charge in [-0.1, -0.05) is 49.4 Å². The molecule has 5 unspecified atom stereocenters. The molecule has 7 aliphatic rings. The van der Waals surface area contributed by atoms with Crippen LogP contribution < -0.4 is 20.4 Å². The maximum absolute atomic E-state index is 14.4. The first-order valence-electron chi connectivity index (χ1n) is 24.1. The number of rotatable bonds is 22. The van der Waals surface area contributed by atoms with Gasteiger partial charge in [-0.3, -0.25) is 9.59 Å². The SMILES string of the molecule is CNC1CC(OCC2=CC(COC3=C(OC)C=C4C(=O)N5c6ccccc6CC56CC6NC4C3)CC(N(CCOCCOCCOC)C[C@H](C)S)=C2)=C(OC)C=C1C(=O)N1CCc2ccccc21. The summed E-state index contributed by atoms with van der Waals surface area (Å²) in [6, 6.07) is 16.1. The van der Waals surface area contributed by atoms with Crippen LogP contribution in [0.15, 0.2) is 118 Å². The summed E-state index contributed by atoms with van der Waals surface area (Å²) in [4.78, 5) is 34.8. The first-order chi connectivity index (χ1) is 33.1. The van der Waals surface area contributed by atoms with Crippen molar-refractivity contribution < 1.29 is 42.7 Å². The molecule has 2 aromatic carbocycles. The standard InChI is InChI=1S/C53H67N5O9S/c1-34(68)31-56(16-17-64-20-21-65-19-18-61-3)39-23-35(32-66-48-27-42(54-2)40(25-46(48)62-4)51(59)57-15-14-37-10-6-8-12-44(37)57)22-36(24-39)33-67-49-28-43-41(26-47(49)63-5)52(60)58-45-13-9-7-11-38(45)29-53(58)30-50(53)55-43/h6-13,22-23,25-26,34,36,42-43,50,54-55,68H,14-21,24,27-33H2,1-5H3/t34-,36?,42?,43?,50?,53?/m0/s1. The lowest BCUT2D eigenvalue weighted by atomic mass is 9.92. The second-order valence-electron chi connectivity index (χ2n) is 18.7. The van der Waals surface area contributed by atoms with Crippen LogP contribution in [-0.2, 0) is 55.6 Å². The molecule has 0 aromatic heterocycles. The molecular formula is C53H67N5O9S. The number of amides is 2. The van der Waals surface area contributed by atoms with Gasteiger partial charge in [0.25, 0.3) is 11.8 Å². The van der Waals surface area contributed by atoms with Crippen LogP contribution in [0.25, 0.3) is 0 Å². The largest absolute Gasteiger partial charge is 0.493 e. The zero-order valence-electron chi connectivity index (χ0n) is 40.1. The Balaban J connectivity index is 0.937. The Kier molecular flexibility index (Phi) is 15.0. The minimum absolute atomic E-state index is 0.0189. The summed E-state index contributed by atoms with van der Waals surface area (Å²) in [5, 5.41) is 7.32. The van der Waals surface area contributed by atoms with Gasteiger partial charge in [0.1, 0.15) is 18.1 Å². The van der Waals surface area contributed by atoms with E-state index in [9.17, 15) is 9.59 Å². The van der Waals surface area contributed by atoms with Crippen LogP contribution in [0.1, 0.15) is 43.7 Å². The Morgan fingerprint density at radius 2 is 1.62 bits per heavy atom. The van der Waals surface area contributed by atoms with Gasteiger partial charge in [0.15, 0.2) is 11.5 Å². The van der Waals surface area contributed by atoms with E-state index in [0.717, 1.165) is 54.1 Å². The number of allylic oxidation sites excluding steroid dienone is 3. The van der Waals surface area contributed by atoms with Crippen LogP contribution in [0, 0.1) is 5.92 Å². The van der Waals surface area contributed by atoms with Gasteiger partial charge < -0.3 is 58.5 Å². The molecule has 1 saturated carbocycles. The predicted molar refractivity (Wildman–Crippen MR) is 264 cm³/mol. The van der Waals surface area contributed by atoms with Gasteiger partial charge in [-0.25, -0.2) is 0 Å². The van der Waals surface area contributed by atoms with Crippen molar-refractivity contribution in [2.75, 3.05) is 104 Å². The van der Waals surface area contributed by atoms with Gasteiger partial charge in [0, 0.05) is 97.1 Å². The van der Waals surface area contributed by atoms with Crippen molar-refractivity contribution in [3.05, 3.63) is 129 Å². The molecule has 15 heteroatoms. The van der Waals surface area contributed by atoms with E-state index >= 15 is 0 Å². The number of nitrogens with one attached hydrogen (secondary N) is 2. The molecule has 2 N–H and O–H groups in total. The molecule has 2 amide bonds. The molecule has 6 atom stereocenters. The molecule has 1 spiro atoms. The molecule has 14 nitrogen and oxygen atoms in total. The van der Waals surface area contributed by atoms with Crippen LogP contribution in [-0.4, -0.2) is 140 Å². The molecular weight excluding hydrogens is 883 g/mol. The van der Waals surface area contributed by atoms with Crippen LogP contribution in [0.2, 0.25) is 0 Å². The summed E-state index contributed by atoms with van der Waals surface area (Å²) in [5.41, 5.74) is 7.64. The summed E-state index contributed by atoms with van der Waals surface area (Å²) < 4.78 is 42.1. The van der Waals surface area contributed by atoms with Gasteiger partial charge in [-0.05, 0) is 79.8 Å². The fraction of sp³-hybridized carbons (Fsp3) is 0.509. The maximum Gasteiger partial charge on any atom is 0.256 e. The molecule has 0 radical (unpaired) electrons. The monoisotopic (exact) mass is 949 g/mol. The van der Waals surface area contributed by atoms with Gasteiger partial charge in [0.2, 0.25) is 0 Å². The number of fused-ring (bicyclic) bond motifs is 4. The molecule has 1 saturated heterocycles. The minimum atomic E-state index is -0.265. The van der Waals surface area contributed by atoms with Gasteiger partial charge in [-0.2, -0.15) is 12.6 Å². The highest BCUT2D eigenvalue weighted by molar-refractivity contribution is 7.80. The highest BCUT2D eigenvalue weighted by Crippen LogP contribution is 2.56. The van der Waals surface area contributed by atoms with Crippen molar-refractivity contribution in [1.29, 1.82) is 0 Å². The van der Waals surface area contributed by atoms with E-state index in [2.05, 4.69) is 63.8 Å². The van der Waals surface area contributed by atoms with Crippen molar-refractivity contribution in [3.63, 3.8) is 0 Å². The van der Waals surface area contributed by atoms with E-state index in [1.54, 1.807) is 21.3 Å². The molecule has 9 rings (SSSR count). The third-order valence-corrected chi connectivity index (χ3v) is 14.4. The van der Waals surface area contributed by atoms with E-state index in [4.69, 9.17) is 45.8 Å². The number of anilines is 2. The molecule has 0 bridgehead atoms. The Hall–Kier alpha value is -5.03. The summed E-state index contributed by atoms with van der Waals surface area (Å²) in [7, 11) is 6.80. The van der Waals surface area contributed by atoms with Crippen molar-refractivity contribution in [2.45, 2.75) is 74.4 Å². The van der Waals surface area contributed by atoms with E-state index in [1.807, 2.05) is 48.4 Å². The topological polar surface area (TPSA) is 133 Å². The Labute approximate surface area is 406 Å². The molecule has 364 valence electrons. The second kappa shape index (κ2) is 21.3. The average molecular weight is 950 g/mol. The normalized spacial score (nSPS) is 25.2. The Morgan fingerprint density at radius 1 is 0.897 bits per heavy atom. The molecule has 2 aromatic rings. The zero-order valence-corrected chi connectivity index (χ0v) is 41.0. The summed E-state index contributed by atoms with van der Waals surface area (Å²) in [5.74, 6) is 2.51. The molecule has 3 heterocycles. The number of carbonyl (C=O) groups excluding carboxylic acids is 2. The van der Waals surface area contributed by atoms with E-state index in [-0.39, 0.29) is 53.3 Å². The van der Waals surface area contributed by atoms with Crippen molar-refractivity contribution in [3.8, 4) is 0 Å².